The average Bonchev–Trinajstić information content (AvgIpc) is 3.25. The van der Waals surface area contributed by atoms with Gasteiger partial charge in [0.15, 0.2) is 5.65 Å². The van der Waals surface area contributed by atoms with Crippen molar-refractivity contribution in [1.82, 2.24) is 24.0 Å². The number of likely N-dealkylation sites (tertiary alicyclic amines) is 1. The number of nitrogens with zero attached hydrogens (tertiary/aromatic N) is 5. The van der Waals surface area contributed by atoms with Gasteiger partial charge in [0.2, 0.25) is 5.91 Å². The van der Waals surface area contributed by atoms with Crippen LogP contribution in [0.15, 0.2) is 64.4 Å². The van der Waals surface area contributed by atoms with Gasteiger partial charge in [0.1, 0.15) is 6.54 Å². The summed E-state index contributed by atoms with van der Waals surface area (Å²) in [6.07, 6.45) is -1.42. The summed E-state index contributed by atoms with van der Waals surface area (Å²) in [5.41, 5.74) is 0.710. The third-order valence-electron chi connectivity index (χ3n) is 6.88. The highest BCUT2D eigenvalue weighted by Gasteiger charge is 2.30. The number of nitrogens with one attached hydrogen (secondary N) is 1. The Morgan fingerprint density at radius 2 is 1.87 bits per heavy atom. The standard InChI is InChI=1S/C27H23F3N6O3/c28-27(29,30)16-35-15-19(21-5-2-1-4-17(21)14-31)12-18(25(35)38)13-23(37)34-10-7-20(8-11-34)36-22-6-3-9-32-24(22)33-26(36)39/h1-6,9,12,15,20H,7-8,10-11,13,16H2,(H,32,33,39). The number of benzene rings is 1. The van der Waals surface area contributed by atoms with E-state index < -0.39 is 24.2 Å². The highest BCUT2D eigenvalue weighted by atomic mass is 19.4. The summed E-state index contributed by atoms with van der Waals surface area (Å²) in [5, 5.41) is 9.45. The Balaban J connectivity index is 1.39. The normalized spacial score (nSPS) is 14.5. The van der Waals surface area contributed by atoms with Gasteiger partial charge >= 0.3 is 11.9 Å². The van der Waals surface area contributed by atoms with Crippen LogP contribution in [0, 0.1) is 11.3 Å². The van der Waals surface area contributed by atoms with E-state index in [0.717, 1.165) is 6.20 Å². The minimum atomic E-state index is -4.66. The van der Waals surface area contributed by atoms with E-state index in [-0.39, 0.29) is 34.8 Å². The lowest BCUT2D eigenvalue weighted by Gasteiger charge is -2.32. The maximum atomic E-state index is 13.2. The molecule has 1 aliphatic heterocycles. The smallest absolute Gasteiger partial charge is 0.342 e. The maximum absolute atomic E-state index is 13.2. The SMILES string of the molecule is N#Cc1ccccc1-c1cc(CC(=O)N2CCC(n3c(=O)[nH]c4ncccc43)CC2)c(=O)n(CC(F)(F)F)c1. The first-order chi connectivity index (χ1) is 18.6. The minimum Gasteiger partial charge on any atom is -0.342 e. The van der Waals surface area contributed by atoms with E-state index in [2.05, 4.69) is 9.97 Å². The molecule has 12 heteroatoms. The van der Waals surface area contributed by atoms with E-state index in [1.807, 2.05) is 6.07 Å². The van der Waals surface area contributed by atoms with Crippen molar-refractivity contribution in [3.05, 3.63) is 86.8 Å². The lowest BCUT2D eigenvalue weighted by atomic mass is 9.99. The second-order valence-corrected chi connectivity index (χ2v) is 9.42. The Kier molecular flexibility index (Phi) is 6.82. The van der Waals surface area contributed by atoms with Crippen LogP contribution in [0.25, 0.3) is 22.3 Å². The number of nitriles is 1. The molecular formula is C27H23F3N6O3. The lowest BCUT2D eigenvalue weighted by molar-refractivity contribution is -0.141. The van der Waals surface area contributed by atoms with Gasteiger partial charge in [-0.25, -0.2) is 9.78 Å². The molecule has 4 heterocycles. The zero-order chi connectivity index (χ0) is 27.7. The first-order valence-electron chi connectivity index (χ1n) is 12.3. The molecule has 3 aromatic heterocycles. The van der Waals surface area contributed by atoms with Crippen molar-refractivity contribution in [2.75, 3.05) is 13.1 Å². The monoisotopic (exact) mass is 536 g/mol. The minimum absolute atomic E-state index is 0.0875. The van der Waals surface area contributed by atoms with Gasteiger partial charge in [0, 0.05) is 42.7 Å². The zero-order valence-corrected chi connectivity index (χ0v) is 20.6. The highest BCUT2D eigenvalue weighted by Crippen LogP contribution is 2.27. The number of alkyl halides is 3. The van der Waals surface area contributed by atoms with E-state index in [0.29, 0.717) is 47.2 Å². The molecule has 0 spiro atoms. The van der Waals surface area contributed by atoms with Gasteiger partial charge in [-0.15, -0.1) is 0 Å². The van der Waals surface area contributed by atoms with Crippen molar-refractivity contribution >= 4 is 17.1 Å². The number of H-pyrrole nitrogens is 1. The number of hydrogen-bond donors (Lipinski definition) is 1. The Morgan fingerprint density at radius 3 is 2.59 bits per heavy atom. The van der Waals surface area contributed by atoms with Crippen LogP contribution in [0.4, 0.5) is 13.2 Å². The van der Waals surface area contributed by atoms with Crippen molar-refractivity contribution in [1.29, 1.82) is 5.26 Å². The largest absolute Gasteiger partial charge is 0.406 e. The third kappa shape index (κ3) is 5.34. The number of piperidine rings is 1. The van der Waals surface area contributed by atoms with E-state index in [4.69, 9.17) is 0 Å². The van der Waals surface area contributed by atoms with Crippen LogP contribution in [0.1, 0.15) is 30.0 Å². The van der Waals surface area contributed by atoms with Crippen LogP contribution in [0.3, 0.4) is 0 Å². The number of amides is 1. The number of carbonyl (C=O) groups is 1. The second-order valence-electron chi connectivity index (χ2n) is 9.42. The number of carbonyl (C=O) groups excluding carboxylic acids is 1. The molecule has 0 saturated carbocycles. The fourth-order valence-corrected chi connectivity index (χ4v) is 5.08. The van der Waals surface area contributed by atoms with Crippen molar-refractivity contribution in [3.8, 4) is 17.2 Å². The van der Waals surface area contributed by atoms with E-state index in [1.54, 1.807) is 46.0 Å². The topological polar surface area (TPSA) is 117 Å². The third-order valence-corrected chi connectivity index (χ3v) is 6.88. The molecule has 5 rings (SSSR count). The highest BCUT2D eigenvalue weighted by molar-refractivity contribution is 5.80. The molecule has 200 valence electrons. The van der Waals surface area contributed by atoms with Crippen LogP contribution < -0.4 is 11.2 Å². The zero-order valence-electron chi connectivity index (χ0n) is 20.6. The van der Waals surface area contributed by atoms with Crippen LogP contribution in [-0.2, 0) is 17.8 Å². The van der Waals surface area contributed by atoms with Crippen molar-refractivity contribution in [2.24, 2.45) is 0 Å². The molecule has 0 aliphatic carbocycles. The molecule has 9 nitrogen and oxygen atoms in total. The summed E-state index contributed by atoms with van der Waals surface area (Å²) in [4.78, 5) is 47.1. The summed E-state index contributed by atoms with van der Waals surface area (Å²) >= 11 is 0. The lowest BCUT2D eigenvalue weighted by Crippen LogP contribution is -2.42. The summed E-state index contributed by atoms with van der Waals surface area (Å²) < 4.78 is 41.9. The molecule has 1 saturated heterocycles. The van der Waals surface area contributed by atoms with Crippen LogP contribution in [0.5, 0.6) is 0 Å². The number of pyridine rings is 2. The van der Waals surface area contributed by atoms with E-state index in [9.17, 15) is 32.8 Å². The van der Waals surface area contributed by atoms with E-state index >= 15 is 0 Å². The average molecular weight is 537 g/mol. The van der Waals surface area contributed by atoms with Crippen LogP contribution in [-0.4, -0.2) is 49.2 Å². The fourth-order valence-electron chi connectivity index (χ4n) is 5.08. The molecule has 0 unspecified atom stereocenters. The van der Waals surface area contributed by atoms with Gasteiger partial charge < -0.3 is 9.47 Å². The summed E-state index contributed by atoms with van der Waals surface area (Å²) in [6, 6.07) is 13.1. The van der Waals surface area contributed by atoms with Gasteiger partial charge in [-0.2, -0.15) is 18.4 Å². The summed E-state index contributed by atoms with van der Waals surface area (Å²) in [5.74, 6) is -0.400. The van der Waals surface area contributed by atoms with Crippen LogP contribution >= 0.6 is 0 Å². The molecule has 0 radical (unpaired) electrons. The van der Waals surface area contributed by atoms with Gasteiger partial charge in [-0.3, -0.25) is 19.1 Å². The Hall–Kier alpha value is -4.66. The Bertz CT molecular complexity index is 1700. The second kappa shape index (κ2) is 10.2. The van der Waals surface area contributed by atoms with Gasteiger partial charge in [0.05, 0.1) is 23.6 Å². The molecule has 0 bridgehead atoms. The molecular weight excluding hydrogens is 513 g/mol. The summed E-state index contributed by atoms with van der Waals surface area (Å²) in [7, 11) is 0. The predicted octanol–water partition coefficient (Wildman–Crippen LogP) is 3.39. The number of imidazole rings is 1. The van der Waals surface area contributed by atoms with Gasteiger partial charge in [0.25, 0.3) is 5.56 Å². The van der Waals surface area contributed by atoms with Gasteiger partial charge in [-0.05, 0) is 42.7 Å². The number of fused-ring (bicyclic) bond motifs is 1. The first-order valence-corrected chi connectivity index (χ1v) is 12.3. The van der Waals surface area contributed by atoms with Crippen molar-refractivity contribution < 1.29 is 18.0 Å². The maximum Gasteiger partial charge on any atom is 0.406 e. The quantitative estimate of drug-likeness (QED) is 0.420. The summed E-state index contributed by atoms with van der Waals surface area (Å²) in [6.45, 7) is -0.887. The fraction of sp³-hybridized carbons (Fsp3) is 0.296. The number of aromatic amines is 1. The van der Waals surface area contributed by atoms with Crippen molar-refractivity contribution in [2.45, 2.75) is 38.0 Å². The molecule has 0 atom stereocenters. The number of rotatable bonds is 5. The molecule has 1 amide bonds. The van der Waals surface area contributed by atoms with Crippen LogP contribution in [0.2, 0.25) is 0 Å². The molecule has 4 aromatic rings. The molecule has 1 aliphatic rings. The number of hydrogen-bond acceptors (Lipinski definition) is 5. The predicted molar refractivity (Wildman–Crippen MR) is 136 cm³/mol. The molecule has 39 heavy (non-hydrogen) atoms. The molecule has 1 N–H and O–H groups in total. The first kappa shape index (κ1) is 26.0. The molecule has 1 aromatic carbocycles. The van der Waals surface area contributed by atoms with Crippen molar-refractivity contribution in [3.63, 3.8) is 0 Å². The molecule has 1 fully saturated rings. The Labute approximate surface area is 219 Å². The number of aromatic nitrogens is 4. The Morgan fingerprint density at radius 1 is 1.13 bits per heavy atom. The van der Waals surface area contributed by atoms with Gasteiger partial charge in [-0.1, -0.05) is 18.2 Å². The number of halogens is 3. The van der Waals surface area contributed by atoms with E-state index in [1.165, 1.54) is 12.1 Å².